The van der Waals surface area contributed by atoms with Crippen molar-refractivity contribution < 1.29 is 24.0 Å². The molecule has 2 rings (SSSR count). The maximum atomic E-state index is 12.4. The quantitative estimate of drug-likeness (QED) is 0.465. The van der Waals surface area contributed by atoms with Crippen molar-refractivity contribution in [2.75, 3.05) is 26.8 Å². The van der Waals surface area contributed by atoms with E-state index < -0.39 is 22.4 Å². The van der Waals surface area contributed by atoms with Crippen LogP contribution in [0.15, 0.2) is 42.5 Å². The number of benzene rings is 2. The fraction of sp³-hybridized carbons (Fsp3) is 0.300. The van der Waals surface area contributed by atoms with Gasteiger partial charge in [0.1, 0.15) is 5.56 Å². The smallest absolute Gasteiger partial charge is 0.286 e. The number of nitro benzene ring substituents is 1. The number of carbonyl (C=O) groups excluding carboxylic acids is 2. The highest BCUT2D eigenvalue weighted by Crippen LogP contribution is 2.34. The van der Waals surface area contributed by atoms with Crippen LogP contribution in [0.5, 0.6) is 11.5 Å². The average molecular weight is 401 g/mol. The second-order valence-electron chi connectivity index (χ2n) is 5.98. The molecule has 2 amide bonds. The Labute approximate surface area is 168 Å². The van der Waals surface area contributed by atoms with E-state index in [-0.39, 0.29) is 23.6 Å². The van der Waals surface area contributed by atoms with Gasteiger partial charge < -0.3 is 20.1 Å². The number of nitro groups is 1. The molecule has 0 saturated carbocycles. The highest BCUT2D eigenvalue weighted by atomic mass is 16.6. The molecule has 29 heavy (non-hydrogen) atoms. The molecule has 9 nitrogen and oxygen atoms in total. The van der Waals surface area contributed by atoms with Crippen LogP contribution in [0.4, 0.5) is 5.69 Å². The van der Waals surface area contributed by atoms with E-state index in [0.717, 1.165) is 11.6 Å². The molecule has 2 aromatic carbocycles. The minimum atomic E-state index is -0.751. The monoisotopic (exact) mass is 401 g/mol. The molecule has 0 saturated heterocycles. The lowest BCUT2D eigenvalue weighted by Crippen LogP contribution is -2.37. The number of hydrogen-bond acceptors (Lipinski definition) is 6. The topological polar surface area (TPSA) is 120 Å². The first-order valence-corrected chi connectivity index (χ1v) is 9.04. The first kappa shape index (κ1) is 21.7. The molecule has 0 unspecified atom stereocenters. The van der Waals surface area contributed by atoms with Gasteiger partial charge in [-0.05, 0) is 18.9 Å². The molecule has 0 radical (unpaired) electrons. The Balaban J connectivity index is 1.99. The third-order valence-corrected chi connectivity index (χ3v) is 4.01. The van der Waals surface area contributed by atoms with Crippen LogP contribution in [0.2, 0.25) is 0 Å². The fourth-order valence-corrected chi connectivity index (χ4v) is 2.62. The molecule has 0 spiro atoms. The highest BCUT2D eigenvalue weighted by molar-refractivity contribution is 6.00. The van der Waals surface area contributed by atoms with Crippen LogP contribution in [0.25, 0.3) is 0 Å². The lowest BCUT2D eigenvalue weighted by molar-refractivity contribution is -0.385. The van der Waals surface area contributed by atoms with Crippen molar-refractivity contribution in [2.24, 2.45) is 0 Å². The standard InChI is InChI=1S/C20H23N3O6/c1-3-29-18-11-15(16(23(26)27)12-17(18)28-2)20(25)22-13-19(24)21-10-9-14-7-5-4-6-8-14/h4-8,11-12H,3,9-10,13H2,1-2H3,(H,21,24)(H,22,25). The van der Waals surface area contributed by atoms with Crippen molar-refractivity contribution in [3.8, 4) is 11.5 Å². The minimum Gasteiger partial charge on any atom is -0.493 e. The van der Waals surface area contributed by atoms with E-state index in [1.54, 1.807) is 6.92 Å². The normalized spacial score (nSPS) is 10.1. The maximum Gasteiger partial charge on any atom is 0.286 e. The Morgan fingerprint density at radius 3 is 2.45 bits per heavy atom. The van der Waals surface area contributed by atoms with Crippen LogP contribution < -0.4 is 20.1 Å². The number of rotatable bonds is 10. The number of methoxy groups -OCH3 is 1. The van der Waals surface area contributed by atoms with Crippen LogP contribution in [-0.4, -0.2) is 43.5 Å². The van der Waals surface area contributed by atoms with Gasteiger partial charge in [-0.1, -0.05) is 30.3 Å². The van der Waals surface area contributed by atoms with Gasteiger partial charge in [0.25, 0.3) is 11.6 Å². The molecule has 2 aromatic rings. The predicted octanol–water partition coefficient (Wildman–Crippen LogP) is 2.09. The molecule has 0 heterocycles. The first-order chi connectivity index (χ1) is 14.0. The summed E-state index contributed by atoms with van der Waals surface area (Å²) in [6.07, 6.45) is 0.655. The molecular formula is C20H23N3O6. The Morgan fingerprint density at radius 1 is 1.10 bits per heavy atom. The zero-order chi connectivity index (χ0) is 21.2. The van der Waals surface area contributed by atoms with Gasteiger partial charge in [-0.2, -0.15) is 0 Å². The number of amides is 2. The summed E-state index contributed by atoms with van der Waals surface area (Å²) >= 11 is 0. The maximum absolute atomic E-state index is 12.4. The van der Waals surface area contributed by atoms with Crippen LogP contribution in [0, 0.1) is 10.1 Å². The highest BCUT2D eigenvalue weighted by Gasteiger charge is 2.25. The molecule has 0 fully saturated rings. The Kier molecular flexibility index (Phi) is 7.96. The Bertz CT molecular complexity index is 870. The average Bonchev–Trinajstić information content (AvgIpc) is 2.72. The van der Waals surface area contributed by atoms with E-state index in [1.807, 2.05) is 30.3 Å². The molecule has 9 heteroatoms. The number of nitrogens with one attached hydrogen (secondary N) is 2. The number of hydrogen-bond donors (Lipinski definition) is 2. The molecule has 0 aliphatic heterocycles. The van der Waals surface area contributed by atoms with Crippen molar-refractivity contribution in [3.63, 3.8) is 0 Å². The van der Waals surface area contributed by atoms with Crippen molar-refractivity contribution in [3.05, 3.63) is 63.7 Å². The lowest BCUT2D eigenvalue weighted by atomic mass is 10.1. The van der Waals surface area contributed by atoms with Crippen molar-refractivity contribution >= 4 is 17.5 Å². The lowest BCUT2D eigenvalue weighted by Gasteiger charge is -2.12. The summed E-state index contributed by atoms with van der Waals surface area (Å²) in [5.74, 6) is -0.791. The van der Waals surface area contributed by atoms with E-state index in [9.17, 15) is 19.7 Å². The molecule has 0 atom stereocenters. The number of ether oxygens (including phenoxy) is 2. The summed E-state index contributed by atoms with van der Waals surface area (Å²) in [4.78, 5) is 35.0. The van der Waals surface area contributed by atoms with Crippen LogP contribution >= 0.6 is 0 Å². The van der Waals surface area contributed by atoms with Gasteiger partial charge in [-0.25, -0.2) is 0 Å². The van der Waals surface area contributed by atoms with Crippen molar-refractivity contribution in [1.29, 1.82) is 0 Å². The van der Waals surface area contributed by atoms with E-state index in [0.29, 0.717) is 19.6 Å². The molecule has 0 aliphatic carbocycles. The SMILES string of the molecule is CCOc1cc(C(=O)NCC(=O)NCCc2ccccc2)c([N+](=O)[O-])cc1OC. The van der Waals surface area contributed by atoms with E-state index in [1.165, 1.54) is 13.2 Å². The largest absolute Gasteiger partial charge is 0.493 e. The second kappa shape index (κ2) is 10.6. The summed E-state index contributed by atoms with van der Waals surface area (Å²) in [5, 5.41) is 16.4. The van der Waals surface area contributed by atoms with Gasteiger partial charge >= 0.3 is 0 Å². The summed E-state index contributed by atoms with van der Waals surface area (Å²) in [6, 6.07) is 12.0. The molecule has 2 N–H and O–H groups in total. The van der Waals surface area contributed by atoms with Gasteiger partial charge in [0.15, 0.2) is 11.5 Å². The van der Waals surface area contributed by atoms with Crippen LogP contribution in [0.1, 0.15) is 22.8 Å². The van der Waals surface area contributed by atoms with Gasteiger partial charge in [-0.3, -0.25) is 19.7 Å². The Hall–Kier alpha value is -3.62. The predicted molar refractivity (Wildman–Crippen MR) is 106 cm³/mol. The minimum absolute atomic E-state index is 0.147. The molecule has 0 aromatic heterocycles. The summed E-state index contributed by atoms with van der Waals surface area (Å²) in [5.41, 5.74) is 0.428. The summed E-state index contributed by atoms with van der Waals surface area (Å²) in [6.45, 7) is 2.14. The molecule has 0 bridgehead atoms. The molecule has 0 aliphatic rings. The third kappa shape index (κ3) is 6.20. The zero-order valence-electron chi connectivity index (χ0n) is 16.3. The van der Waals surface area contributed by atoms with E-state index >= 15 is 0 Å². The third-order valence-electron chi connectivity index (χ3n) is 4.01. The van der Waals surface area contributed by atoms with Gasteiger partial charge in [0.2, 0.25) is 5.91 Å². The Morgan fingerprint density at radius 2 is 1.83 bits per heavy atom. The van der Waals surface area contributed by atoms with Crippen LogP contribution in [0.3, 0.4) is 0 Å². The van der Waals surface area contributed by atoms with Gasteiger partial charge in [-0.15, -0.1) is 0 Å². The van der Waals surface area contributed by atoms with E-state index in [2.05, 4.69) is 10.6 Å². The number of nitrogens with zero attached hydrogens (tertiary/aromatic N) is 1. The first-order valence-electron chi connectivity index (χ1n) is 9.04. The van der Waals surface area contributed by atoms with Crippen LogP contribution in [-0.2, 0) is 11.2 Å². The van der Waals surface area contributed by atoms with Gasteiger partial charge in [0.05, 0.1) is 31.3 Å². The van der Waals surface area contributed by atoms with Crippen molar-refractivity contribution in [1.82, 2.24) is 10.6 Å². The van der Waals surface area contributed by atoms with Crippen molar-refractivity contribution in [2.45, 2.75) is 13.3 Å². The van der Waals surface area contributed by atoms with Gasteiger partial charge in [0, 0.05) is 12.6 Å². The molecular weight excluding hydrogens is 378 g/mol. The summed E-state index contributed by atoms with van der Waals surface area (Å²) < 4.78 is 10.4. The fourth-order valence-electron chi connectivity index (χ4n) is 2.62. The number of carbonyl (C=O) groups is 2. The zero-order valence-corrected chi connectivity index (χ0v) is 16.3. The second-order valence-corrected chi connectivity index (χ2v) is 5.98. The molecule has 154 valence electrons. The summed E-state index contributed by atoms with van der Waals surface area (Å²) in [7, 11) is 1.35. The van der Waals surface area contributed by atoms with E-state index in [4.69, 9.17) is 9.47 Å².